The summed E-state index contributed by atoms with van der Waals surface area (Å²) in [5.74, 6) is 0.575. The SMILES string of the molecule is CCNc1ccc(C(C)=O)cc1/N=C1\SC(=CN(C)c2ccc(OCCOC)cc2)C(=O)N1Cc1ccccc1. The zero-order valence-electron chi connectivity index (χ0n) is 23.2. The number of methoxy groups -OCH3 is 1. The summed E-state index contributed by atoms with van der Waals surface area (Å²) in [6, 6.07) is 22.9. The number of rotatable bonds is 12. The summed E-state index contributed by atoms with van der Waals surface area (Å²) in [6.07, 6.45) is 1.82. The van der Waals surface area contributed by atoms with Gasteiger partial charge in [0.1, 0.15) is 12.4 Å². The molecule has 1 N–H and O–H groups in total. The Morgan fingerprint density at radius 3 is 2.50 bits per heavy atom. The number of carbonyl (C=O) groups excluding carboxylic acids is 2. The molecular weight excluding hydrogens is 524 g/mol. The standard InChI is InChI=1S/C31H34N4O4S/c1-5-32-27-16-11-24(22(2)36)19-28(27)33-31-35(20-23-9-7-6-8-10-23)30(37)29(40-31)21-34(3)25-12-14-26(15-13-25)39-18-17-38-4/h6-16,19,21,32H,5,17-18,20H2,1-4H3/b29-21?,33-31-. The second-order valence-corrected chi connectivity index (χ2v) is 10.1. The fourth-order valence-electron chi connectivity index (χ4n) is 4.04. The van der Waals surface area contributed by atoms with E-state index in [-0.39, 0.29) is 11.7 Å². The van der Waals surface area contributed by atoms with E-state index >= 15 is 0 Å². The number of nitrogens with zero attached hydrogens (tertiary/aromatic N) is 3. The largest absolute Gasteiger partial charge is 0.491 e. The van der Waals surface area contributed by atoms with E-state index in [1.54, 1.807) is 24.1 Å². The van der Waals surface area contributed by atoms with E-state index in [1.165, 1.54) is 18.7 Å². The number of ether oxygens (including phenoxy) is 2. The number of carbonyl (C=O) groups is 2. The van der Waals surface area contributed by atoms with Crippen molar-refractivity contribution in [3.05, 3.63) is 95.0 Å². The minimum Gasteiger partial charge on any atom is -0.491 e. The number of amidine groups is 1. The van der Waals surface area contributed by atoms with E-state index < -0.39 is 0 Å². The maximum atomic E-state index is 13.7. The number of anilines is 2. The van der Waals surface area contributed by atoms with Gasteiger partial charge >= 0.3 is 0 Å². The Morgan fingerprint density at radius 1 is 1.07 bits per heavy atom. The van der Waals surface area contributed by atoms with E-state index in [0.717, 1.165) is 22.7 Å². The number of amides is 1. The van der Waals surface area contributed by atoms with Gasteiger partial charge in [-0.2, -0.15) is 0 Å². The highest BCUT2D eigenvalue weighted by Gasteiger charge is 2.34. The van der Waals surface area contributed by atoms with E-state index in [2.05, 4.69) is 5.32 Å². The van der Waals surface area contributed by atoms with Crippen molar-refractivity contribution in [2.45, 2.75) is 20.4 Å². The highest BCUT2D eigenvalue weighted by atomic mass is 32.2. The molecule has 1 saturated heterocycles. The van der Waals surface area contributed by atoms with Gasteiger partial charge in [0, 0.05) is 38.2 Å². The molecule has 1 aliphatic heterocycles. The predicted molar refractivity (Wildman–Crippen MR) is 163 cm³/mol. The van der Waals surface area contributed by atoms with Crippen molar-refractivity contribution in [2.24, 2.45) is 4.99 Å². The molecule has 0 radical (unpaired) electrons. The molecule has 1 amide bonds. The van der Waals surface area contributed by atoms with Gasteiger partial charge < -0.3 is 19.7 Å². The normalized spacial score (nSPS) is 15.1. The maximum Gasteiger partial charge on any atom is 0.268 e. The molecule has 1 fully saturated rings. The van der Waals surface area contributed by atoms with Gasteiger partial charge in [0.05, 0.1) is 29.4 Å². The zero-order valence-corrected chi connectivity index (χ0v) is 24.0. The van der Waals surface area contributed by atoms with Crippen LogP contribution >= 0.6 is 11.8 Å². The number of Topliss-reactive ketones (excluding diaryl/α,β-unsaturated/α-hetero) is 1. The lowest BCUT2D eigenvalue weighted by Crippen LogP contribution is -2.28. The second-order valence-electron chi connectivity index (χ2n) is 9.13. The van der Waals surface area contributed by atoms with Crippen LogP contribution in [0.3, 0.4) is 0 Å². The van der Waals surface area contributed by atoms with Gasteiger partial charge in [0.15, 0.2) is 11.0 Å². The van der Waals surface area contributed by atoms with E-state index in [0.29, 0.717) is 47.6 Å². The van der Waals surface area contributed by atoms with E-state index in [1.807, 2.05) is 85.7 Å². The first-order valence-electron chi connectivity index (χ1n) is 13.1. The molecule has 8 nitrogen and oxygen atoms in total. The number of hydrogen-bond donors (Lipinski definition) is 1. The van der Waals surface area contributed by atoms with Crippen LogP contribution in [0.25, 0.3) is 0 Å². The van der Waals surface area contributed by atoms with Crippen LogP contribution in [0.1, 0.15) is 29.8 Å². The third kappa shape index (κ3) is 7.31. The minimum absolute atomic E-state index is 0.0434. The molecule has 4 rings (SSSR count). The summed E-state index contributed by atoms with van der Waals surface area (Å²) in [6.45, 7) is 5.60. The Hall–Kier alpha value is -4.08. The van der Waals surface area contributed by atoms with Gasteiger partial charge in [-0.3, -0.25) is 14.5 Å². The quantitative estimate of drug-likeness (QED) is 0.164. The predicted octanol–water partition coefficient (Wildman–Crippen LogP) is 6.09. The molecule has 0 aromatic heterocycles. The van der Waals surface area contributed by atoms with Gasteiger partial charge in [-0.15, -0.1) is 0 Å². The highest BCUT2D eigenvalue weighted by Crippen LogP contribution is 2.37. The van der Waals surface area contributed by atoms with Crippen LogP contribution in [0.2, 0.25) is 0 Å². The topological polar surface area (TPSA) is 83.5 Å². The maximum absolute atomic E-state index is 13.7. The fourth-order valence-corrected chi connectivity index (χ4v) is 5.05. The average molecular weight is 559 g/mol. The monoisotopic (exact) mass is 558 g/mol. The molecule has 0 atom stereocenters. The summed E-state index contributed by atoms with van der Waals surface area (Å²) in [4.78, 5) is 34.8. The van der Waals surface area contributed by atoms with Crippen LogP contribution in [0.5, 0.6) is 5.75 Å². The van der Waals surface area contributed by atoms with Gasteiger partial charge in [-0.05, 0) is 73.6 Å². The fraction of sp³-hybridized carbons (Fsp3) is 0.258. The van der Waals surface area contributed by atoms with Crippen LogP contribution in [0, 0.1) is 0 Å². The van der Waals surface area contributed by atoms with Crippen LogP contribution in [-0.4, -0.2) is 55.7 Å². The average Bonchev–Trinajstić information content (AvgIpc) is 3.23. The number of nitrogens with one attached hydrogen (secondary N) is 1. The molecule has 0 unspecified atom stereocenters. The molecule has 1 aliphatic rings. The Kier molecular flexibility index (Phi) is 9.99. The lowest BCUT2D eigenvalue weighted by atomic mass is 10.1. The van der Waals surface area contributed by atoms with E-state index in [9.17, 15) is 9.59 Å². The Balaban J connectivity index is 1.65. The second kappa shape index (κ2) is 13.8. The van der Waals surface area contributed by atoms with Gasteiger partial charge in [0.25, 0.3) is 5.91 Å². The molecular formula is C31H34N4O4S. The number of aliphatic imine (C=N–C) groups is 1. The molecule has 208 valence electrons. The molecule has 1 heterocycles. The van der Waals surface area contributed by atoms with Crippen molar-refractivity contribution in [3.63, 3.8) is 0 Å². The van der Waals surface area contributed by atoms with Gasteiger partial charge in [-0.25, -0.2) is 4.99 Å². The first-order chi connectivity index (χ1) is 19.4. The summed E-state index contributed by atoms with van der Waals surface area (Å²) in [5.41, 5.74) is 3.88. The summed E-state index contributed by atoms with van der Waals surface area (Å²) >= 11 is 1.32. The lowest BCUT2D eigenvalue weighted by Gasteiger charge is -2.17. The Bertz CT molecular complexity index is 1390. The molecule has 9 heteroatoms. The molecule has 3 aromatic carbocycles. The molecule has 0 spiro atoms. The molecule has 0 aliphatic carbocycles. The van der Waals surface area contributed by atoms with Crippen molar-refractivity contribution in [1.29, 1.82) is 0 Å². The van der Waals surface area contributed by atoms with Gasteiger partial charge in [0.2, 0.25) is 0 Å². The zero-order chi connectivity index (χ0) is 28.5. The summed E-state index contributed by atoms with van der Waals surface area (Å²) in [5, 5.41) is 3.86. The minimum atomic E-state index is -0.133. The first-order valence-corrected chi connectivity index (χ1v) is 13.9. The lowest BCUT2D eigenvalue weighted by molar-refractivity contribution is -0.122. The van der Waals surface area contributed by atoms with Crippen LogP contribution < -0.4 is 15.0 Å². The highest BCUT2D eigenvalue weighted by molar-refractivity contribution is 8.18. The van der Waals surface area contributed by atoms with Crippen LogP contribution in [0.4, 0.5) is 17.1 Å². The third-order valence-electron chi connectivity index (χ3n) is 6.17. The molecule has 40 heavy (non-hydrogen) atoms. The van der Waals surface area contributed by atoms with Crippen molar-refractivity contribution in [3.8, 4) is 5.75 Å². The van der Waals surface area contributed by atoms with Crippen molar-refractivity contribution < 1.29 is 19.1 Å². The first kappa shape index (κ1) is 28.9. The van der Waals surface area contributed by atoms with Crippen molar-refractivity contribution in [1.82, 2.24) is 4.90 Å². The smallest absolute Gasteiger partial charge is 0.268 e. The van der Waals surface area contributed by atoms with Gasteiger partial charge in [-0.1, -0.05) is 30.3 Å². The third-order valence-corrected chi connectivity index (χ3v) is 7.16. The molecule has 0 bridgehead atoms. The molecule has 3 aromatic rings. The van der Waals surface area contributed by atoms with Crippen LogP contribution in [-0.2, 0) is 16.1 Å². The van der Waals surface area contributed by atoms with Crippen molar-refractivity contribution in [2.75, 3.05) is 44.1 Å². The number of hydrogen-bond acceptors (Lipinski definition) is 8. The van der Waals surface area contributed by atoms with Crippen molar-refractivity contribution >= 4 is 45.7 Å². The summed E-state index contributed by atoms with van der Waals surface area (Å²) < 4.78 is 10.7. The van der Waals surface area contributed by atoms with Crippen LogP contribution in [0.15, 0.2) is 88.9 Å². The number of thioether (sulfide) groups is 1. The molecule has 0 saturated carbocycles. The number of benzene rings is 3. The Labute approximate surface area is 239 Å². The van der Waals surface area contributed by atoms with E-state index in [4.69, 9.17) is 14.5 Å². The number of ketones is 1. The Morgan fingerprint density at radius 2 is 1.82 bits per heavy atom. The summed E-state index contributed by atoms with van der Waals surface area (Å²) in [7, 11) is 3.54.